The van der Waals surface area contributed by atoms with Crippen molar-refractivity contribution in [3.8, 4) is 22.9 Å². The number of alkyl halides is 1. The van der Waals surface area contributed by atoms with Gasteiger partial charge in [-0.1, -0.05) is 54.4 Å². The summed E-state index contributed by atoms with van der Waals surface area (Å²) in [5, 5.41) is 10.0. The third kappa shape index (κ3) is 9.31. The van der Waals surface area contributed by atoms with Crippen LogP contribution in [0.1, 0.15) is 83.0 Å². The fourth-order valence-corrected chi connectivity index (χ4v) is 7.86. The number of aryl methyl sites for hydroxylation is 3. The standard InChI is InChI=1S/C43H50ClFN4O/c1-31-35(10-4-7-20-49-21-17-39(45)29-49)11-8-13-40(31)41-14-9-12-37(32(41)2)30-50-43-24-36(16-15-33-22-34(25-46)27-47-26-33)38(23-42(43)44)28-48-18-5-3-6-19-48/h8-9,11-14,22-24,26-27,39H,3-7,10,15-21,28-30H2,1-2H3. The van der Waals surface area contributed by atoms with Gasteiger partial charge in [-0.25, -0.2) is 4.39 Å². The van der Waals surface area contributed by atoms with E-state index in [-0.39, 0.29) is 0 Å². The summed E-state index contributed by atoms with van der Waals surface area (Å²) in [5.41, 5.74) is 11.7. The molecule has 50 heavy (non-hydrogen) atoms. The first-order valence-electron chi connectivity index (χ1n) is 18.4. The lowest BCUT2D eigenvalue weighted by Gasteiger charge is -2.27. The molecule has 1 unspecified atom stereocenters. The van der Waals surface area contributed by atoms with Gasteiger partial charge in [0.1, 0.15) is 24.6 Å². The number of aromatic nitrogens is 1. The molecule has 2 aliphatic heterocycles. The molecule has 0 N–H and O–H groups in total. The van der Waals surface area contributed by atoms with Crippen molar-refractivity contribution in [3.05, 3.63) is 117 Å². The highest BCUT2D eigenvalue weighted by molar-refractivity contribution is 6.32. The van der Waals surface area contributed by atoms with Gasteiger partial charge in [-0.15, -0.1) is 0 Å². The number of pyridine rings is 1. The Morgan fingerprint density at radius 2 is 1.60 bits per heavy atom. The molecule has 3 aromatic carbocycles. The van der Waals surface area contributed by atoms with E-state index >= 15 is 0 Å². The summed E-state index contributed by atoms with van der Waals surface area (Å²) in [4.78, 5) is 9.06. The van der Waals surface area contributed by atoms with Crippen molar-refractivity contribution < 1.29 is 9.13 Å². The quantitative estimate of drug-likeness (QED) is 0.123. The van der Waals surface area contributed by atoms with Crippen LogP contribution in [-0.2, 0) is 32.4 Å². The van der Waals surface area contributed by atoms with E-state index in [0.717, 1.165) is 76.0 Å². The van der Waals surface area contributed by atoms with E-state index in [4.69, 9.17) is 16.3 Å². The summed E-state index contributed by atoms with van der Waals surface area (Å²) >= 11 is 6.93. The predicted molar refractivity (Wildman–Crippen MR) is 202 cm³/mol. The van der Waals surface area contributed by atoms with Gasteiger partial charge in [-0.05, 0) is 153 Å². The van der Waals surface area contributed by atoms with Crippen LogP contribution >= 0.6 is 11.6 Å². The topological polar surface area (TPSA) is 52.4 Å². The molecule has 0 spiro atoms. The molecule has 262 valence electrons. The van der Waals surface area contributed by atoms with Gasteiger partial charge in [0.15, 0.2) is 0 Å². The maximum Gasteiger partial charge on any atom is 0.138 e. The van der Waals surface area contributed by atoms with Crippen molar-refractivity contribution in [2.24, 2.45) is 0 Å². The largest absolute Gasteiger partial charge is 0.487 e. The number of nitrogens with zero attached hydrogens (tertiary/aromatic N) is 4. The number of rotatable bonds is 14. The van der Waals surface area contributed by atoms with Crippen molar-refractivity contribution in [1.82, 2.24) is 14.8 Å². The van der Waals surface area contributed by atoms with E-state index < -0.39 is 6.17 Å². The van der Waals surface area contributed by atoms with Crippen LogP contribution < -0.4 is 4.74 Å². The molecule has 6 rings (SSSR count). The Bertz CT molecular complexity index is 1800. The van der Waals surface area contributed by atoms with Crippen LogP contribution in [0, 0.1) is 25.2 Å². The van der Waals surface area contributed by atoms with Gasteiger partial charge in [-0.2, -0.15) is 5.26 Å². The number of hydrogen-bond donors (Lipinski definition) is 0. The van der Waals surface area contributed by atoms with Crippen LogP contribution in [0.15, 0.2) is 67.0 Å². The zero-order valence-electron chi connectivity index (χ0n) is 29.7. The summed E-state index contributed by atoms with van der Waals surface area (Å²) in [6.45, 7) is 10.4. The average Bonchev–Trinajstić information content (AvgIpc) is 3.55. The highest BCUT2D eigenvalue weighted by Crippen LogP contribution is 2.34. The number of unbranched alkanes of at least 4 members (excludes halogenated alkanes) is 1. The number of benzene rings is 3. The monoisotopic (exact) mass is 692 g/mol. The first kappa shape index (κ1) is 36.0. The summed E-state index contributed by atoms with van der Waals surface area (Å²) < 4.78 is 20.1. The third-order valence-corrected chi connectivity index (χ3v) is 10.9. The van der Waals surface area contributed by atoms with Gasteiger partial charge in [0.2, 0.25) is 0 Å². The van der Waals surface area contributed by atoms with Gasteiger partial charge in [0, 0.05) is 32.0 Å². The summed E-state index contributed by atoms with van der Waals surface area (Å²) in [6.07, 6.45) is 12.1. The minimum Gasteiger partial charge on any atom is -0.487 e. The first-order valence-corrected chi connectivity index (χ1v) is 18.8. The Morgan fingerprint density at radius 3 is 2.34 bits per heavy atom. The molecule has 2 aliphatic rings. The number of likely N-dealkylation sites (tertiary alicyclic amines) is 2. The maximum atomic E-state index is 13.6. The summed E-state index contributed by atoms with van der Waals surface area (Å²) in [5.74, 6) is 0.701. The van der Waals surface area contributed by atoms with E-state index in [1.807, 2.05) is 12.3 Å². The van der Waals surface area contributed by atoms with E-state index in [1.54, 1.807) is 6.20 Å². The zero-order valence-corrected chi connectivity index (χ0v) is 30.5. The van der Waals surface area contributed by atoms with Crippen molar-refractivity contribution >= 4 is 11.6 Å². The number of ether oxygens (including phenoxy) is 1. The molecule has 1 aromatic heterocycles. The fourth-order valence-electron chi connectivity index (χ4n) is 7.62. The van der Waals surface area contributed by atoms with Gasteiger partial charge in [0.25, 0.3) is 0 Å². The second kappa shape index (κ2) is 17.4. The van der Waals surface area contributed by atoms with Crippen molar-refractivity contribution in [3.63, 3.8) is 0 Å². The second-order valence-corrected chi connectivity index (χ2v) is 14.6. The molecule has 1 atom stereocenters. The van der Waals surface area contributed by atoms with Crippen LogP contribution in [0.3, 0.4) is 0 Å². The molecule has 0 saturated carbocycles. The zero-order chi connectivity index (χ0) is 34.9. The number of hydrogen-bond acceptors (Lipinski definition) is 5. The predicted octanol–water partition coefficient (Wildman–Crippen LogP) is 9.61. The highest BCUT2D eigenvalue weighted by atomic mass is 35.5. The molecule has 2 fully saturated rings. The molecule has 3 heterocycles. The molecule has 7 heteroatoms. The van der Waals surface area contributed by atoms with Crippen LogP contribution in [0.4, 0.5) is 4.39 Å². The smallest absolute Gasteiger partial charge is 0.138 e. The number of piperidine rings is 1. The van der Waals surface area contributed by atoms with E-state index in [1.165, 1.54) is 58.2 Å². The molecule has 5 nitrogen and oxygen atoms in total. The molecule has 0 amide bonds. The minimum absolute atomic E-state index is 0.424. The third-order valence-electron chi connectivity index (χ3n) is 10.7. The molecule has 0 bridgehead atoms. The highest BCUT2D eigenvalue weighted by Gasteiger charge is 2.21. The van der Waals surface area contributed by atoms with Crippen molar-refractivity contribution in [1.29, 1.82) is 5.26 Å². The molecular formula is C43H50ClFN4O. The van der Waals surface area contributed by atoms with E-state index in [9.17, 15) is 9.65 Å². The van der Waals surface area contributed by atoms with Gasteiger partial charge >= 0.3 is 0 Å². The van der Waals surface area contributed by atoms with E-state index in [0.29, 0.717) is 35.9 Å². The first-order chi connectivity index (χ1) is 24.4. The second-order valence-electron chi connectivity index (χ2n) is 14.2. The van der Waals surface area contributed by atoms with Gasteiger partial charge in [-0.3, -0.25) is 9.88 Å². The van der Waals surface area contributed by atoms with Crippen LogP contribution in [0.25, 0.3) is 11.1 Å². The van der Waals surface area contributed by atoms with Gasteiger partial charge < -0.3 is 9.64 Å². The molecular weight excluding hydrogens is 643 g/mol. The Kier molecular flexibility index (Phi) is 12.6. The average molecular weight is 693 g/mol. The van der Waals surface area contributed by atoms with Gasteiger partial charge in [0.05, 0.1) is 10.6 Å². The lowest BCUT2D eigenvalue weighted by Crippen LogP contribution is -2.29. The molecule has 4 aromatic rings. The molecule has 0 aliphatic carbocycles. The fraction of sp³-hybridized carbons (Fsp3) is 0.442. The van der Waals surface area contributed by atoms with Crippen LogP contribution in [0.5, 0.6) is 5.75 Å². The molecule has 0 radical (unpaired) electrons. The van der Waals surface area contributed by atoms with E-state index in [2.05, 4.69) is 83.2 Å². The Morgan fingerprint density at radius 1 is 0.840 bits per heavy atom. The number of nitriles is 1. The van der Waals surface area contributed by atoms with Crippen LogP contribution in [-0.4, -0.2) is 53.7 Å². The van der Waals surface area contributed by atoms with Crippen LogP contribution in [0.2, 0.25) is 5.02 Å². The van der Waals surface area contributed by atoms with Crippen molar-refractivity contribution in [2.45, 2.75) is 91.0 Å². The molecule has 2 saturated heterocycles. The lowest BCUT2D eigenvalue weighted by molar-refractivity contribution is 0.220. The SMILES string of the molecule is Cc1c(CCCCN2CCC(F)C2)cccc1-c1cccc(COc2cc(CCc3cncc(C#N)c3)c(CN3CCCCC3)cc2Cl)c1C. The van der Waals surface area contributed by atoms with Crippen molar-refractivity contribution in [2.75, 3.05) is 32.7 Å². The Balaban J connectivity index is 1.16. The summed E-state index contributed by atoms with van der Waals surface area (Å²) in [7, 11) is 0. The minimum atomic E-state index is -0.647. The maximum absolute atomic E-state index is 13.6. The normalized spacial score (nSPS) is 16.8. The lowest BCUT2D eigenvalue weighted by atomic mass is 9.90. The Hall–Kier alpha value is -3.76. The summed E-state index contributed by atoms with van der Waals surface area (Å²) in [6, 6.07) is 21.5. The number of halogens is 2. The Labute approximate surface area is 303 Å².